The van der Waals surface area contributed by atoms with Gasteiger partial charge in [0, 0.05) is 4.90 Å². The van der Waals surface area contributed by atoms with Crippen molar-refractivity contribution in [1.82, 2.24) is 0 Å². The number of hydrogen-bond donors (Lipinski definition) is 4. The summed E-state index contributed by atoms with van der Waals surface area (Å²) in [4.78, 5) is 0.877. The second-order valence-corrected chi connectivity index (χ2v) is 5.30. The van der Waals surface area contributed by atoms with Crippen LogP contribution >= 0.6 is 11.8 Å². The van der Waals surface area contributed by atoms with Gasteiger partial charge in [0.1, 0.15) is 29.9 Å². The summed E-state index contributed by atoms with van der Waals surface area (Å²) in [5.41, 5.74) is -0.719. The Balaban J connectivity index is 2.08. The van der Waals surface area contributed by atoms with Crippen LogP contribution in [0.25, 0.3) is 0 Å². The van der Waals surface area contributed by atoms with Crippen LogP contribution in [0.2, 0.25) is 0 Å². The summed E-state index contributed by atoms with van der Waals surface area (Å²) in [5.74, 6) is 0. The van der Waals surface area contributed by atoms with Crippen molar-refractivity contribution in [2.24, 2.45) is 0 Å². The van der Waals surface area contributed by atoms with Gasteiger partial charge >= 0.3 is 0 Å². The standard InChI is InChI=1S/C12H16O5S/c13-6-8-9(14)10(15)11(16)12(17-8)18-7-4-2-1-3-5-7/h1-5,8-16H,6H2/t8-,9-,10-,11+,12+/m1/s1. The van der Waals surface area contributed by atoms with Crippen LogP contribution in [0.1, 0.15) is 0 Å². The molecule has 0 aromatic heterocycles. The molecule has 0 radical (unpaired) electrons. The molecule has 1 heterocycles. The average molecular weight is 272 g/mol. The Morgan fingerprint density at radius 3 is 2.28 bits per heavy atom. The first-order valence-corrected chi connectivity index (χ1v) is 6.53. The van der Waals surface area contributed by atoms with Gasteiger partial charge in [-0.05, 0) is 12.1 Å². The SMILES string of the molecule is OC[C@H]1O[C@@H](Sc2ccccc2)[C@@H](O)[C@H](O)[C@@H]1O. The summed E-state index contributed by atoms with van der Waals surface area (Å²) in [6.07, 6.45) is -4.69. The minimum absolute atomic E-state index is 0.406. The Kier molecular flexibility index (Phi) is 4.60. The lowest BCUT2D eigenvalue weighted by Gasteiger charge is -2.39. The van der Waals surface area contributed by atoms with Gasteiger partial charge in [-0.2, -0.15) is 0 Å². The van der Waals surface area contributed by atoms with Crippen molar-refractivity contribution in [3.05, 3.63) is 30.3 Å². The number of thioether (sulfide) groups is 1. The van der Waals surface area contributed by atoms with Crippen LogP contribution in [0.4, 0.5) is 0 Å². The summed E-state index contributed by atoms with van der Waals surface area (Å²) in [6.45, 7) is -0.406. The second kappa shape index (κ2) is 6.01. The Hall–Kier alpha value is -0.630. The molecule has 0 aliphatic carbocycles. The highest BCUT2D eigenvalue weighted by molar-refractivity contribution is 7.99. The molecule has 1 aliphatic heterocycles. The van der Waals surface area contributed by atoms with E-state index in [2.05, 4.69) is 0 Å². The highest BCUT2D eigenvalue weighted by Gasteiger charge is 2.43. The van der Waals surface area contributed by atoms with Crippen molar-refractivity contribution >= 4 is 11.8 Å². The van der Waals surface area contributed by atoms with E-state index in [-0.39, 0.29) is 0 Å². The van der Waals surface area contributed by atoms with Gasteiger partial charge in [0.15, 0.2) is 0 Å². The topological polar surface area (TPSA) is 90.2 Å². The van der Waals surface area contributed by atoms with Crippen molar-refractivity contribution < 1.29 is 25.2 Å². The van der Waals surface area contributed by atoms with Crippen molar-refractivity contribution in [3.63, 3.8) is 0 Å². The zero-order chi connectivity index (χ0) is 13.1. The molecular weight excluding hydrogens is 256 g/mol. The maximum absolute atomic E-state index is 9.85. The van der Waals surface area contributed by atoms with Crippen LogP contribution in [-0.4, -0.2) is 56.9 Å². The number of benzene rings is 1. The molecule has 1 fully saturated rings. The summed E-state index contributed by atoms with van der Waals surface area (Å²) < 4.78 is 5.39. The predicted octanol–water partition coefficient (Wildman–Crippen LogP) is -0.421. The first-order chi connectivity index (χ1) is 8.63. The van der Waals surface area contributed by atoms with Gasteiger partial charge < -0.3 is 25.2 Å². The minimum Gasteiger partial charge on any atom is -0.394 e. The quantitative estimate of drug-likeness (QED) is 0.597. The molecule has 100 valence electrons. The molecule has 4 N–H and O–H groups in total. The van der Waals surface area contributed by atoms with Crippen molar-refractivity contribution in [2.45, 2.75) is 34.7 Å². The molecule has 5 atom stereocenters. The minimum atomic E-state index is -1.32. The van der Waals surface area contributed by atoms with Gasteiger partial charge in [-0.15, -0.1) is 0 Å². The Morgan fingerprint density at radius 1 is 1.00 bits per heavy atom. The van der Waals surface area contributed by atoms with Crippen LogP contribution in [0.5, 0.6) is 0 Å². The molecule has 2 rings (SSSR count). The van der Waals surface area contributed by atoms with E-state index in [9.17, 15) is 15.3 Å². The number of aliphatic hydroxyl groups excluding tert-OH is 4. The molecule has 1 saturated heterocycles. The fraction of sp³-hybridized carbons (Fsp3) is 0.500. The summed E-state index contributed by atoms with van der Waals surface area (Å²) in [6, 6.07) is 9.29. The fourth-order valence-corrected chi connectivity index (χ4v) is 2.88. The molecule has 0 spiro atoms. The van der Waals surface area contributed by atoms with Crippen LogP contribution in [0, 0.1) is 0 Å². The van der Waals surface area contributed by atoms with E-state index in [1.54, 1.807) is 0 Å². The number of rotatable bonds is 3. The van der Waals surface area contributed by atoms with Crippen molar-refractivity contribution in [1.29, 1.82) is 0 Å². The number of ether oxygens (including phenoxy) is 1. The number of hydrogen-bond acceptors (Lipinski definition) is 6. The lowest BCUT2D eigenvalue weighted by Crippen LogP contribution is -2.57. The molecule has 6 heteroatoms. The first kappa shape index (κ1) is 13.8. The molecular formula is C12H16O5S. The molecule has 0 amide bonds. The normalized spacial score (nSPS) is 36.6. The molecule has 0 bridgehead atoms. The van der Waals surface area contributed by atoms with E-state index < -0.39 is 36.5 Å². The molecule has 0 unspecified atom stereocenters. The third-order valence-electron chi connectivity index (χ3n) is 2.84. The molecule has 18 heavy (non-hydrogen) atoms. The first-order valence-electron chi connectivity index (χ1n) is 5.65. The van der Waals surface area contributed by atoms with Gasteiger partial charge in [0.05, 0.1) is 6.61 Å². The number of aliphatic hydroxyl groups is 4. The zero-order valence-electron chi connectivity index (χ0n) is 9.59. The largest absolute Gasteiger partial charge is 0.394 e. The Labute approximate surface area is 109 Å². The monoisotopic (exact) mass is 272 g/mol. The van der Waals surface area contributed by atoms with Crippen LogP contribution in [0.3, 0.4) is 0 Å². The lowest BCUT2D eigenvalue weighted by molar-refractivity contribution is -0.205. The lowest BCUT2D eigenvalue weighted by atomic mass is 10.0. The molecule has 1 aromatic carbocycles. The van der Waals surface area contributed by atoms with E-state index >= 15 is 0 Å². The summed E-state index contributed by atoms with van der Waals surface area (Å²) in [5, 5.41) is 38.2. The molecule has 0 saturated carbocycles. The van der Waals surface area contributed by atoms with Crippen molar-refractivity contribution in [3.8, 4) is 0 Å². The van der Waals surface area contributed by atoms with Gasteiger partial charge in [-0.1, -0.05) is 30.0 Å². The van der Waals surface area contributed by atoms with Crippen LogP contribution in [-0.2, 0) is 4.74 Å². The molecule has 1 aromatic rings. The fourth-order valence-electron chi connectivity index (χ4n) is 1.80. The van der Waals surface area contributed by atoms with E-state index in [1.165, 1.54) is 11.8 Å². The van der Waals surface area contributed by atoms with E-state index in [0.717, 1.165) is 4.90 Å². The molecule has 5 nitrogen and oxygen atoms in total. The Bertz CT molecular complexity index is 372. The zero-order valence-corrected chi connectivity index (χ0v) is 10.4. The van der Waals surface area contributed by atoms with E-state index in [0.29, 0.717) is 0 Å². The average Bonchev–Trinajstić information content (AvgIpc) is 2.40. The maximum Gasteiger partial charge on any atom is 0.136 e. The van der Waals surface area contributed by atoms with Gasteiger partial charge in [-0.25, -0.2) is 0 Å². The predicted molar refractivity (Wildman–Crippen MR) is 66.1 cm³/mol. The summed E-state index contributed by atoms with van der Waals surface area (Å²) in [7, 11) is 0. The second-order valence-electron chi connectivity index (χ2n) is 4.13. The highest BCUT2D eigenvalue weighted by Crippen LogP contribution is 2.32. The third kappa shape index (κ3) is 2.85. The van der Waals surface area contributed by atoms with Crippen molar-refractivity contribution in [2.75, 3.05) is 6.61 Å². The smallest absolute Gasteiger partial charge is 0.136 e. The molecule has 1 aliphatic rings. The van der Waals surface area contributed by atoms with Crippen LogP contribution < -0.4 is 0 Å². The Morgan fingerprint density at radius 2 is 1.67 bits per heavy atom. The van der Waals surface area contributed by atoms with Gasteiger partial charge in [0.2, 0.25) is 0 Å². The van der Waals surface area contributed by atoms with E-state index in [1.807, 2.05) is 30.3 Å². The van der Waals surface area contributed by atoms with E-state index in [4.69, 9.17) is 9.84 Å². The highest BCUT2D eigenvalue weighted by atomic mass is 32.2. The third-order valence-corrected chi connectivity index (χ3v) is 4.01. The van der Waals surface area contributed by atoms with Gasteiger partial charge in [0.25, 0.3) is 0 Å². The van der Waals surface area contributed by atoms with Gasteiger partial charge in [-0.3, -0.25) is 0 Å². The summed E-state index contributed by atoms with van der Waals surface area (Å²) >= 11 is 1.24. The maximum atomic E-state index is 9.85. The van der Waals surface area contributed by atoms with Crippen LogP contribution in [0.15, 0.2) is 35.2 Å².